The predicted molar refractivity (Wildman–Crippen MR) is 133 cm³/mol. The molecule has 2 N–H and O–H groups in total. The molecular weight excluding hydrogens is 516 g/mol. The molecule has 0 saturated carbocycles. The maximum atomic E-state index is 13.1. The van der Waals surface area contributed by atoms with E-state index in [0.717, 1.165) is 0 Å². The average Bonchev–Trinajstić information content (AvgIpc) is 2.89. The summed E-state index contributed by atoms with van der Waals surface area (Å²) in [6.07, 6.45) is -1.26. The molecular formula is C26H36N2O11. The molecule has 4 atom stereocenters. The van der Waals surface area contributed by atoms with Crippen LogP contribution in [0.2, 0.25) is 0 Å². The number of cyclic esters (lactones) is 2. The molecule has 0 radical (unpaired) electrons. The van der Waals surface area contributed by atoms with Crippen LogP contribution in [-0.2, 0) is 38.1 Å². The average molecular weight is 553 g/mol. The van der Waals surface area contributed by atoms with Crippen molar-refractivity contribution in [1.82, 2.24) is 10.3 Å². The molecule has 1 aromatic rings. The van der Waals surface area contributed by atoms with Crippen LogP contribution in [0.25, 0.3) is 0 Å². The van der Waals surface area contributed by atoms with Crippen LogP contribution in [0.4, 0.5) is 0 Å². The number of hydrogen-bond donors (Lipinski definition) is 2. The van der Waals surface area contributed by atoms with Crippen LogP contribution in [0.5, 0.6) is 11.5 Å². The van der Waals surface area contributed by atoms with Crippen molar-refractivity contribution in [3.8, 4) is 11.5 Å². The number of amides is 1. The third kappa shape index (κ3) is 8.29. The molecule has 1 aromatic heterocycles. The number of nitrogens with one attached hydrogen (secondary N) is 1. The lowest BCUT2D eigenvalue weighted by atomic mass is 9.94. The summed E-state index contributed by atoms with van der Waals surface area (Å²) in [5.74, 6) is -6.19. The Morgan fingerprint density at radius 3 is 2.46 bits per heavy atom. The lowest BCUT2D eigenvalue weighted by molar-refractivity contribution is -0.178. The normalized spacial score (nSPS) is 21.9. The third-order valence-electron chi connectivity index (χ3n) is 5.77. The van der Waals surface area contributed by atoms with Crippen molar-refractivity contribution in [2.75, 3.05) is 20.3 Å². The van der Waals surface area contributed by atoms with Crippen molar-refractivity contribution in [3.63, 3.8) is 0 Å². The van der Waals surface area contributed by atoms with Crippen LogP contribution in [0, 0.1) is 17.3 Å². The minimum absolute atomic E-state index is 0.0166. The smallest absolute Gasteiger partial charge is 0.332 e. The highest BCUT2D eigenvalue weighted by Gasteiger charge is 2.42. The van der Waals surface area contributed by atoms with Gasteiger partial charge in [-0.05, 0) is 34.1 Å². The summed E-state index contributed by atoms with van der Waals surface area (Å²) in [7, 11) is 1.29. The van der Waals surface area contributed by atoms with Gasteiger partial charge in [0.15, 0.2) is 29.3 Å². The predicted octanol–water partition coefficient (Wildman–Crippen LogP) is 1.55. The number of aromatic hydroxyl groups is 1. The third-order valence-corrected chi connectivity index (χ3v) is 5.77. The van der Waals surface area contributed by atoms with E-state index in [1.807, 2.05) is 0 Å². The number of carbonyl (C=O) groups is 5. The van der Waals surface area contributed by atoms with Gasteiger partial charge in [0.2, 0.25) is 0 Å². The number of pyridine rings is 1. The number of esters is 4. The van der Waals surface area contributed by atoms with Crippen LogP contribution in [-0.4, -0.2) is 78.4 Å². The van der Waals surface area contributed by atoms with Gasteiger partial charge in [-0.25, -0.2) is 9.78 Å². The van der Waals surface area contributed by atoms with Crippen LogP contribution in [0.3, 0.4) is 0 Å². The lowest BCUT2D eigenvalue weighted by Gasteiger charge is -2.29. The standard InChI is InChI=1S/C26H36N2O11/c1-13(2)22(31)39-20-14(3)38-24(33)16(28-21(30)18-19(29)17(35-7)8-10-27-18)12-37-23(32)15(20)9-11-36-25(34)26(4,5)6/h8,10,13-16,20,29H,9,11-12H2,1-7H3,(H,28,30). The molecule has 2 rings (SSSR count). The molecule has 0 bridgehead atoms. The Labute approximate surface area is 226 Å². The lowest BCUT2D eigenvalue weighted by Crippen LogP contribution is -2.46. The topological polar surface area (TPSA) is 177 Å². The minimum Gasteiger partial charge on any atom is -0.503 e. The Bertz CT molecular complexity index is 1080. The second-order valence-corrected chi connectivity index (χ2v) is 10.3. The summed E-state index contributed by atoms with van der Waals surface area (Å²) in [5.41, 5.74) is -1.20. The summed E-state index contributed by atoms with van der Waals surface area (Å²) in [4.78, 5) is 67.3. The van der Waals surface area contributed by atoms with Gasteiger partial charge in [-0.1, -0.05) is 13.8 Å². The maximum absolute atomic E-state index is 13.1. The zero-order chi connectivity index (χ0) is 29.5. The molecule has 0 aliphatic carbocycles. The highest BCUT2D eigenvalue weighted by atomic mass is 16.6. The molecule has 1 aliphatic heterocycles. The SMILES string of the molecule is COc1ccnc(C(=O)NC2COC(=O)C(CCOC(=O)C(C)(C)C)C(OC(=O)C(C)C)C(C)OC2=O)c1O. The molecule has 1 saturated heterocycles. The first-order chi connectivity index (χ1) is 18.2. The Kier molecular flexibility index (Phi) is 10.6. The van der Waals surface area contributed by atoms with Gasteiger partial charge in [0.25, 0.3) is 5.91 Å². The van der Waals surface area contributed by atoms with E-state index in [9.17, 15) is 29.1 Å². The van der Waals surface area contributed by atoms with E-state index >= 15 is 0 Å². The van der Waals surface area contributed by atoms with E-state index in [4.69, 9.17) is 23.7 Å². The first kappa shape index (κ1) is 31.3. The molecule has 2 heterocycles. The molecule has 13 heteroatoms. The van der Waals surface area contributed by atoms with E-state index in [1.54, 1.807) is 34.6 Å². The van der Waals surface area contributed by atoms with Crippen molar-refractivity contribution >= 4 is 29.8 Å². The van der Waals surface area contributed by atoms with Crippen molar-refractivity contribution in [2.45, 2.75) is 66.2 Å². The van der Waals surface area contributed by atoms with Gasteiger partial charge < -0.3 is 34.1 Å². The number of rotatable bonds is 8. The fourth-order valence-electron chi connectivity index (χ4n) is 3.45. The highest BCUT2D eigenvalue weighted by molar-refractivity contribution is 5.98. The molecule has 39 heavy (non-hydrogen) atoms. The minimum atomic E-state index is -1.48. The Balaban J connectivity index is 2.29. The molecule has 0 spiro atoms. The largest absolute Gasteiger partial charge is 0.503 e. The quantitative estimate of drug-likeness (QED) is 0.352. The van der Waals surface area contributed by atoms with Crippen molar-refractivity contribution in [1.29, 1.82) is 0 Å². The molecule has 0 aromatic carbocycles. The summed E-state index contributed by atoms with van der Waals surface area (Å²) in [6, 6.07) is -0.142. The number of hydrogen-bond acceptors (Lipinski definition) is 12. The summed E-state index contributed by atoms with van der Waals surface area (Å²) in [5, 5.41) is 12.6. The molecule has 216 valence electrons. The van der Waals surface area contributed by atoms with E-state index < -0.39 is 83.3 Å². The molecule has 1 aliphatic rings. The second kappa shape index (κ2) is 13.3. The monoisotopic (exact) mass is 552 g/mol. The van der Waals surface area contributed by atoms with Gasteiger partial charge in [0, 0.05) is 12.3 Å². The van der Waals surface area contributed by atoms with Gasteiger partial charge in [-0.15, -0.1) is 0 Å². The number of nitrogens with zero attached hydrogens (tertiary/aromatic N) is 1. The van der Waals surface area contributed by atoms with Crippen LogP contribution < -0.4 is 10.1 Å². The van der Waals surface area contributed by atoms with Crippen LogP contribution >= 0.6 is 0 Å². The Morgan fingerprint density at radius 2 is 1.87 bits per heavy atom. The van der Waals surface area contributed by atoms with Crippen molar-refractivity contribution in [2.24, 2.45) is 17.3 Å². The van der Waals surface area contributed by atoms with Crippen molar-refractivity contribution < 1.29 is 52.8 Å². The number of aromatic nitrogens is 1. The molecule has 1 fully saturated rings. The fourth-order valence-corrected chi connectivity index (χ4v) is 3.45. The second-order valence-electron chi connectivity index (χ2n) is 10.3. The summed E-state index contributed by atoms with van der Waals surface area (Å²) in [6.45, 7) is 8.84. The summed E-state index contributed by atoms with van der Waals surface area (Å²) >= 11 is 0. The Morgan fingerprint density at radius 1 is 1.21 bits per heavy atom. The number of carbonyl (C=O) groups excluding carboxylic acids is 5. The Hall–Kier alpha value is -3.90. The van der Waals surface area contributed by atoms with Gasteiger partial charge in [0.05, 0.1) is 25.0 Å². The fraction of sp³-hybridized carbons (Fsp3) is 0.615. The van der Waals surface area contributed by atoms with Crippen LogP contribution in [0.1, 0.15) is 58.5 Å². The van der Waals surface area contributed by atoms with E-state index in [0.29, 0.717) is 0 Å². The van der Waals surface area contributed by atoms with E-state index in [1.165, 1.54) is 26.3 Å². The maximum Gasteiger partial charge on any atom is 0.332 e. The first-order valence-electron chi connectivity index (χ1n) is 12.4. The van der Waals surface area contributed by atoms with Crippen LogP contribution in [0.15, 0.2) is 12.3 Å². The van der Waals surface area contributed by atoms with Gasteiger partial charge in [0.1, 0.15) is 18.6 Å². The van der Waals surface area contributed by atoms with Gasteiger partial charge >= 0.3 is 23.9 Å². The highest BCUT2D eigenvalue weighted by Crippen LogP contribution is 2.28. The molecule has 1 amide bonds. The van der Waals surface area contributed by atoms with E-state index in [-0.39, 0.29) is 18.8 Å². The zero-order valence-electron chi connectivity index (χ0n) is 23.1. The van der Waals surface area contributed by atoms with Gasteiger partial charge in [-0.2, -0.15) is 0 Å². The van der Waals surface area contributed by atoms with Gasteiger partial charge in [-0.3, -0.25) is 19.2 Å². The molecule has 4 unspecified atom stereocenters. The zero-order valence-corrected chi connectivity index (χ0v) is 23.1. The van der Waals surface area contributed by atoms with E-state index in [2.05, 4.69) is 10.3 Å². The summed E-state index contributed by atoms with van der Waals surface area (Å²) < 4.78 is 26.6. The molecule has 13 nitrogen and oxygen atoms in total. The number of methoxy groups -OCH3 is 1. The number of ether oxygens (including phenoxy) is 5. The van der Waals surface area contributed by atoms with Crippen molar-refractivity contribution in [3.05, 3.63) is 18.0 Å². The first-order valence-corrected chi connectivity index (χ1v) is 12.4.